The van der Waals surface area contributed by atoms with Crippen molar-refractivity contribution in [2.24, 2.45) is 5.14 Å². The fourth-order valence-corrected chi connectivity index (χ4v) is 2.14. The van der Waals surface area contributed by atoms with Crippen LogP contribution in [0.2, 0.25) is 0 Å². The summed E-state index contributed by atoms with van der Waals surface area (Å²) in [5.74, 6) is 0.692. The number of primary sulfonamides is 1. The van der Waals surface area contributed by atoms with Crippen molar-refractivity contribution in [2.45, 2.75) is 18.4 Å². The third kappa shape index (κ3) is 3.73. The highest BCUT2D eigenvalue weighted by Gasteiger charge is 2.07. The van der Waals surface area contributed by atoms with Crippen LogP contribution in [0.5, 0.6) is 0 Å². The minimum atomic E-state index is -3.68. The third-order valence-electron chi connectivity index (χ3n) is 2.47. The van der Waals surface area contributed by atoms with Gasteiger partial charge in [0.1, 0.15) is 5.82 Å². The van der Waals surface area contributed by atoms with Crippen LogP contribution in [0, 0.1) is 6.92 Å². The average Bonchev–Trinajstić information content (AvgIpc) is 2.36. The van der Waals surface area contributed by atoms with E-state index in [0.29, 0.717) is 18.1 Å². The molecule has 1 heterocycles. The quantitative estimate of drug-likeness (QED) is 0.871. The van der Waals surface area contributed by atoms with Crippen LogP contribution in [0.25, 0.3) is 0 Å². The van der Waals surface area contributed by atoms with E-state index in [0.717, 1.165) is 5.69 Å². The van der Waals surface area contributed by atoms with Gasteiger partial charge < -0.3 is 5.32 Å². The number of nitrogens with one attached hydrogen (secondary N) is 1. The van der Waals surface area contributed by atoms with Crippen molar-refractivity contribution in [3.63, 3.8) is 0 Å². The molecule has 0 aliphatic heterocycles. The van der Waals surface area contributed by atoms with Gasteiger partial charge in [-0.15, -0.1) is 0 Å². The van der Waals surface area contributed by atoms with E-state index in [1.807, 2.05) is 6.92 Å². The predicted molar refractivity (Wildman–Crippen MR) is 71.9 cm³/mol. The smallest absolute Gasteiger partial charge is 0.238 e. The van der Waals surface area contributed by atoms with Crippen molar-refractivity contribution >= 4 is 15.7 Å². The van der Waals surface area contributed by atoms with E-state index in [9.17, 15) is 8.42 Å². The Morgan fingerprint density at radius 3 is 2.79 bits per heavy atom. The standard InChI is InChI=1S/C12H14N4O2S/c1-9-14-6-5-11(16-9)8-15-10-3-2-4-12(7-10)19(13,17)18/h2-7,15H,8H2,1H3,(H2,13,17,18). The minimum absolute atomic E-state index is 0.0800. The van der Waals surface area contributed by atoms with Crippen molar-refractivity contribution in [2.75, 3.05) is 5.32 Å². The lowest BCUT2D eigenvalue weighted by Gasteiger charge is -2.07. The first-order chi connectivity index (χ1) is 8.95. The van der Waals surface area contributed by atoms with Gasteiger partial charge in [-0.05, 0) is 31.2 Å². The molecule has 0 fully saturated rings. The van der Waals surface area contributed by atoms with E-state index in [1.165, 1.54) is 12.1 Å². The van der Waals surface area contributed by atoms with Crippen LogP contribution in [-0.4, -0.2) is 18.4 Å². The van der Waals surface area contributed by atoms with Crippen LogP contribution in [0.15, 0.2) is 41.4 Å². The van der Waals surface area contributed by atoms with Crippen LogP contribution in [0.1, 0.15) is 11.5 Å². The second-order valence-corrected chi connectivity index (χ2v) is 5.58. The van der Waals surface area contributed by atoms with E-state index in [1.54, 1.807) is 24.4 Å². The van der Waals surface area contributed by atoms with Crippen molar-refractivity contribution < 1.29 is 8.42 Å². The molecule has 3 N–H and O–H groups in total. The monoisotopic (exact) mass is 278 g/mol. The summed E-state index contributed by atoms with van der Waals surface area (Å²) in [5.41, 5.74) is 1.50. The van der Waals surface area contributed by atoms with Gasteiger partial charge in [-0.1, -0.05) is 6.07 Å². The van der Waals surface area contributed by atoms with Crippen molar-refractivity contribution in [1.29, 1.82) is 0 Å². The van der Waals surface area contributed by atoms with Crippen molar-refractivity contribution in [1.82, 2.24) is 9.97 Å². The predicted octanol–water partition coefficient (Wildman–Crippen LogP) is 1.04. The number of nitrogens with zero attached hydrogens (tertiary/aromatic N) is 2. The Labute approximate surface area is 111 Å². The number of rotatable bonds is 4. The highest BCUT2D eigenvalue weighted by Crippen LogP contribution is 2.14. The van der Waals surface area contributed by atoms with E-state index in [-0.39, 0.29) is 4.90 Å². The second-order valence-electron chi connectivity index (χ2n) is 4.02. The molecule has 0 saturated heterocycles. The van der Waals surface area contributed by atoms with Gasteiger partial charge in [0.25, 0.3) is 0 Å². The number of hydrogen-bond acceptors (Lipinski definition) is 5. The minimum Gasteiger partial charge on any atom is -0.379 e. The zero-order valence-corrected chi connectivity index (χ0v) is 11.2. The highest BCUT2D eigenvalue weighted by atomic mass is 32.2. The second kappa shape index (κ2) is 5.33. The summed E-state index contributed by atoms with van der Waals surface area (Å²) in [7, 11) is -3.68. The van der Waals surface area contributed by atoms with Gasteiger partial charge in [0, 0.05) is 11.9 Å². The molecule has 6 nitrogen and oxygen atoms in total. The Kier molecular flexibility index (Phi) is 3.77. The topological polar surface area (TPSA) is 98.0 Å². The number of sulfonamides is 1. The average molecular weight is 278 g/mol. The Balaban J connectivity index is 2.12. The van der Waals surface area contributed by atoms with Gasteiger partial charge in [0.05, 0.1) is 17.1 Å². The van der Waals surface area contributed by atoms with E-state index >= 15 is 0 Å². The fourth-order valence-electron chi connectivity index (χ4n) is 1.58. The van der Waals surface area contributed by atoms with E-state index in [4.69, 9.17) is 5.14 Å². The first kappa shape index (κ1) is 13.4. The van der Waals surface area contributed by atoms with Gasteiger partial charge in [-0.2, -0.15) is 0 Å². The largest absolute Gasteiger partial charge is 0.379 e. The molecule has 0 amide bonds. The van der Waals surface area contributed by atoms with Crippen LogP contribution in [0.4, 0.5) is 5.69 Å². The van der Waals surface area contributed by atoms with Gasteiger partial charge in [0.15, 0.2) is 0 Å². The first-order valence-electron chi connectivity index (χ1n) is 5.60. The van der Waals surface area contributed by atoms with Gasteiger partial charge in [0.2, 0.25) is 10.0 Å². The number of hydrogen-bond donors (Lipinski definition) is 2. The molecule has 100 valence electrons. The molecule has 0 bridgehead atoms. The molecule has 0 unspecified atom stereocenters. The van der Waals surface area contributed by atoms with Crippen LogP contribution in [0.3, 0.4) is 0 Å². The zero-order valence-electron chi connectivity index (χ0n) is 10.4. The van der Waals surface area contributed by atoms with Gasteiger partial charge in [-0.3, -0.25) is 0 Å². The molecule has 0 radical (unpaired) electrons. The molecule has 1 aromatic heterocycles. The molecule has 0 saturated carbocycles. The van der Waals surface area contributed by atoms with Crippen molar-refractivity contribution in [3.8, 4) is 0 Å². The maximum atomic E-state index is 11.2. The molecule has 0 aliphatic rings. The summed E-state index contributed by atoms with van der Waals surface area (Å²) < 4.78 is 22.5. The number of aromatic nitrogens is 2. The molecule has 0 aliphatic carbocycles. The molecule has 0 spiro atoms. The SMILES string of the molecule is Cc1nccc(CNc2cccc(S(N)(=O)=O)c2)n1. The Morgan fingerprint density at radius 1 is 1.32 bits per heavy atom. The Morgan fingerprint density at radius 2 is 2.11 bits per heavy atom. The number of benzene rings is 1. The number of anilines is 1. The molecular formula is C12H14N4O2S. The summed E-state index contributed by atoms with van der Waals surface area (Å²) in [6.07, 6.45) is 1.68. The highest BCUT2D eigenvalue weighted by molar-refractivity contribution is 7.89. The first-order valence-corrected chi connectivity index (χ1v) is 7.15. The molecule has 19 heavy (non-hydrogen) atoms. The lowest BCUT2D eigenvalue weighted by atomic mass is 10.3. The molecule has 2 rings (SSSR count). The van der Waals surface area contributed by atoms with Gasteiger partial charge in [-0.25, -0.2) is 23.5 Å². The number of aryl methyl sites for hydroxylation is 1. The van der Waals surface area contributed by atoms with Crippen LogP contribution >= 0.6 is 0 Å². The molecule has 7 heteroatoms. The fraction of sp³-hybridized carbons (Fsp3) is 0.167. The summed E-state index contributed by atoms with van der Waals surface area (Å²) in [4.78, 5) is 8.33. The maximum Gasteiger partial charge on any atom is 0.238 e. The van der Waals surface area contributed by atoms with Crippen LogP contribution < -0.4 is 10.5 Å². The van der Waals surface area contributed by atoms with Crippen LogP contribution in [-0.2, 0) is 16.6 Å². The Hall–Kier alpha value is -1.99. The van der Waals surface area contributed by atoms with Crippen molar-refractivity contribution in [3.05, 3.63) is 48.0 Å². The summed E-state index contributed by atoms with van der Waals surface area (Å²) >= 11 is 0. The molecule has 1 aromatic carbocycles. The normalized spacial score (nSPS) is 11.3. The van der Waals surface area contributed by atoms with Gasteiger partial charge >= 0.3 is 0 Å². The lowest BCUT2D eigenvalue weighted by Crippen LogP contribution is -2.12. The number of nitrogens with two attached hydrogens (primary N) is 1. The molecular weight excluding hydrogens is 264 g/mol. The summed E-state index contributed by atoms with van der Waals surface area (Å²) in [6, 6.07) is 8.14. The lowest BCUT2D eigenvalue weighted by molar-refractivity contribution is 0.598. The third-order valence-corrected chi connectivity index (χ3v) is 3.38. The molecule has 2 aromatic rings. The van der Waals surface area contributed by atoms with E-state index < -0.39 is 10.0 Å². The van der Waals surface area contributed by atoms with E-state index in [2.05, 4.69) is 15.3 Å². The maximum absolute atomic E-state index is 11.2. The summed E-state index contributed by atoms with van der Waals surface area (Å²) in [5, 5.41) is 8.17. The molecule has 0 atom stereocenters. The zero-order chi connectivity index (χ0) is 13.9. The Bertz CT molecular complexity index is 686. The summed E-state index contributed by atoms with van der Waals surface area (Å²) in [6.45, 7) is 2.29.